The van der Waals surface area contributed by atoms with Gasteiger partial charge in [0.25, 0.3) is 5.91 Å². The molecule has 3 heterocycles. The molecule has 1 fully saturated rings. The first-order valence-electron chi connectivity index (χ1n) is 9.40. The lowest BCUT2D eigenvalue weighted by atomic mass is 9.93. The summed E-state index contributed by atoms with van der Waals surface area (Å²) in [5.74, 6) is 0.743. The number of carbonyl (C=O) groups excluding carboxylic acids is 1. The van der Waals surface area contributed by atoms with Gasteiger partial charge in [-0.2, -0.15) is 0 Å². The molecule has 0 bridgehead atoms. The van der Waals surface area contributed by atoms with Crippen molar-refractivity contribution in [1.82, 2.24) is 19.5 Å². The fourth-order valence-corrected chi connectivity index (χ4v) is 4.15. The zero-order chi connectivity index (χ0) is 19.9. The van der Waals surface area contributed by atoms with Crippen LogP contribution in [0.5, 0.6) is 5.75 Å². The summed E-state index contributed by atoms with van der Waals surface area (Å²) < 4.78 is 7.09. The van der Waals surface area contributed by atoms with Crippen LogP contribution in [0.3, 0.4) is 0 Å². The first kappa shape index (κ1) is 18.7. The molecule has 0 N–H and O–H groups in total. The Morgan fingerprint density at radius 2 is 1.93 bits per heavy atom. The van der Waals surface area contributed by atoms with Crippen LogP contribution in [0.25, 0.3) is 4.96 Å². The maximum Gasteiger partial charge on any atom is 0.254 e. The second-order valence-corrected chi connectivity index (χ2v) is 8.93. The van der Waals surface area contributed by atoms with Crippen LogP contribution in [0.4, 0.5) is 5.13 Å². The third-order valence-electron chi connectivity index (χ3n) is 4.96. The number of carbonyl (C=O) groups is 1. The number of amides is 1. The quantitative estimate of drug-likeness (QED) is 0.677. The molecule has 0 atom stereocenters. The predicted octanol–water partition coefficient (Wildman–Crippen LogP) is 3.06. The van der Waals surface area contributed by atoms with Crippen LogP contribution in [0.2, 0.25) is 0 Å². The highest BCUT2D eigenvalue weighted by molar-refractivity contribution is 7.20. The molecule has 2 aromatic heterocycles. The molecule has 3 aromatic rings. The van der Waals surface area contributed by atoms with E-state index in [0.29, 0.717) is 24.4 Å². The summed E-state index contributed by atoms with van der Waals surface area (Å²) in [4.78, 5) is 22.5. The molecular formula is C20H25N5O2S. The lowest BCUT2D eigenvalue weighted by Gasteiger charge is -2.34. The van der Waals surface area contributed by atoms with Crippen LogP contribution in [0.15, 0.2) is 30.5 Å². The van der Waals surface area contributed by atoms with Crippen LogP contribution in [-0.4, -0.2) is 58.7 Å². The highest BCUT2D eigenvalue weighted by atomic mass is 32.1. The van der Waals surface area contributed by atoms with Gasteiger partial charge < -0.3 is 14.5 Å². The normalized spacial score (nSPS) is 15.3. The number of rotatable bonds is 3. The molecule has 4 rings (SSSR count). The smallest absolute Gasteiger partial charge is 0.254 e. The van der Waals surface area contributed by atoms with Crippen molar-refractivity contribution in [1.29, 1.82) is 0 Å². The monoisotopic (exact) mass is 399 g/mol. The fraction of sp³-hybridized carbons (Fsp3) is 0.450. The summed E-state index contributed by atoms with van der Waals surface area (Å²) in [5, 5.41) is 5.65. The minimum atomic E-state index is 0.0136. The van der Waals surface area contributed by atoms with Crippen molar-refractivity contribution in [3.8, 4) is 5.75 Å². The average molecular weight is 400 g/mol. The molecule has 0 radical (unpaired) electrons. The van der Waals surface area contributed by atoms with Crippen molar-refractivity contribution in [2.75, 3.05) is 38.2 Å². The van der Waals surface area contributed by atoms with Gasteiger partial charge in [-0.05, 0) is 18.2 Å². The molecule has 148 valence electrons. The van der Waals surface area contributed by atoms with Crippen LogP contribution in [0.1, 0.15) is 36.8 Å². The Morgan fingerprint density at radius 3 is 2.57 bits per heavy atom. The van der Waals surface area contributed by atoms with Gasteiger partial charge in [0.15, 0.2) is 0 Å². The Labute approximate surface area is 168 Å². The highest BCUT2D eigenvalue weighted by Crippen LogP contribution is 2.28. The molecule has 28 heavy (non-hydrogen) atoms. The van der Waals surface area contributed by atoms with Gasteiger partial charge in [0, 0.05) is 37.2 Å². The van der Waals surface area contributed by atoms with E-state index in [-0.39, 0.29) is 11.3 Å². The second kappa shape index (κ2) is 7.09. The number of imidazole rings is 1. The van der Waals surface area contributed by atoms with E-state index in [4.69, 9.17) is 14.8 Å². The Morgan fingerprint density at radius 1 is 1.18 bits per heavy atom. The van der Waals surface area contributed by atoms with Crippen LogP contribution in [0, 0.1) is 0 Å². The number of hydrogen-bond donors (Lipinski definition) is 0. The minimum Gasteiger partial charge on any atom is -0.497 e. The number of hydrogen-bond acceptors (Lipinski definition) is 6. The minimum absolute atomic E-state index is 0.0136. The second-order valence-electron chi connectivity index (χ2n) is 8.00. The van der Waals surface area contributed by atoms with Crippen molar-refractivity contribution in [2.45, 2.75) is 26.2 Å². The Bertz CT molecular complexity index is 964. The molecule has 1 saturated heterocycles. The summed E-state index contributed by atoms with van der Waals surface area (Å²) in [5.41, 5.74) is 1.72. The molecule has 1 aliphatic heterocycles. The van der Waals surface area contributed by atoms with Crippen LogP contribution in [-0.2, 0) is 5.41 Å². The zero-order valence-corrected chi connectivity index (χ0v) is 17.5. The van der Waals surface area contributed by atoms with E-state index in [1.807, 2.05) is 33.8 Å². The molecule has 1 aliphatic rings. The molecule has 1 amide bonds. The van der Waals surface area contributed by atoms with Gasteiger partial charge in [0.1, 0.15) is 5.75 Å². The van der Waals surface area contributed by atoms with E-state index in [1.165, 1.54) is 0 Å². The SMILES string of the molecule is COc1cccc(C(=O)N2CCN(c3nn4cc(C(C)(C)C)nc4s3)CC2)c1. The number of fused-ring (bicyclic) bond motifs is 1. The summed E-state index contributed by atoms with van der Waals surface area (Å²) >= 11 is 1.60. The van der Waals surface area contributed by atoms with Gasteiger partial charge >= 0.3 is 0 Å². The number of benzene rings is 1. The third-order valence-corrected chi connectivity index (χ3v) is 5.94. The van der Waals surface area contributed by atoms with E-state index in [2.05, 4.69) is 25.7 Å². The molecule has 0 saturated carbocycles. The fourth-order valence-electron chi connectivity index (χ4n) is 3.22. The first-order valence-corrected chi connectivity index (χ1v) is 10.2. The van der Waals surface area contributed by atoms with Crippen molar-refractivity contribution >= 4 is 27.3 Å². The standard InChI is InChI=1S/C20H25N5O2S/c1-20(2,3)16-13-25-18(21-16)28-19(22-25)24-10-8-23(9-11-24)17(26)14-6-5-7-15(12-14)27-4/h5-7,12-13H,8-11H2,1-4H3. The van der Waals surface area contributed by atoms with Gasteiger partial charge in [-0.25, -0.2) is 9.50 Å². The van der Waals surface area contributed by atoms with Crippen LogP contribution < -0.4 is 9.64 Å². The summed E-state index contributed by atoms with van der Waals surface area (Å²) in [6.45, 7) is 9.32. The van der Waals surface area contributed by atoms with E-state index >= 15 is 0 Å². The Kier molecular flexibility index (Phi) is 4.74. The van der Waals surface area contributed by atoms with Gasteiger partial charge in [-0.1, -0.05) is 38.2 Å². The van der Waals surface area contributed by atoms with Gasteiger partial charge in [0.05, 0.1) is 19.0 Å². The first-order chi connectivity index (χ1) is 13.3. The maximum atomic E-state index is 12.8. The average Bonchev–Trinajstić information content (AvgIpc) is 3.27. The lowest BCUT2D eigenvalue weighted by Crippen LogP contribution is -2.48. The number of methoxy groups -OCH3 is 1. The molecular weight excluding hydrogens is 374 g/mol. The number of aromatic nitrogens is 3. The summed E-state index contributed by atoms with van der Waals surface area (Å²) in [7, 11) is 1.61. The molecule has 7 nitrogen and oxygen atoms in total. The molecule has 0 aliphatic carbocycles. The number of piperazine rings is 1. The van der Waals surface area contributed by atoms with Gasteiger partial charge in [0.2, 0.25) is 10.1 Å². The number of anilines is 1. The van der Waals surface area contributed by atoms with E-state index < -0.39 is 0 Å². The topological polar surface area (TPSA) is 63.0 Å². The van der Waals surface area contributed by atoms with Crippen molar-refractivity contribution in [3.63, 3.8) is 0 Å². The Hall–Kier alpha value is -2.61. The lowest BCUT2D eigenvalue weighted by molar-refractivity contribution is 0.0746. The molecule has 0 spiro atoms. The number of ether oxygens (including phenoxy) is 1. The summed E-state index contributed by atoms with van der Waals surface area (Å²) in [6.07, 6.45) is 2.01. The van der Waals surface area contributed by atoms with Crippen molar-refractivity contribution in [3.05, 3.63) is 41.7 Å². The predicted molar refractivity (Wildman–Crippen MR) is 111 cm³/mol. The van der Waals surface area contributed by atoms with E-state index in [9.17, 15) is 4.79 Å². The van der Waals surface area contributed by atoms with Crippen molar-refractivity contribution < 1.29 is 9.53 Å². The highest BCUT2D eigenvalue weighted by Gasteiger charge is 2.25. The summed E-state index contributed by atoms with van der Waals surface area (Å²) in [6, 6.07) is 7.31. The van der Waals surface area contributed by atoms with Crippen molar-refractivity contribution in [2.24, 2.45) is 0 Å². The van der Waals surface area contributed by atoms with Crippen LogP contribution >= 0.6 is 11.3 Å². The third kappa shape index (κ3) is 3.56. The number of nitrogens with zero attached hydrogens (tertiary/aromatic N) is 5. The molecule has 8 heteroatoms. The zero-order valence-electron chi connectivity index (χ0n) is 16.7. The largest absolute Gasteiger partial charge is 0.497 e. The Balaban J connectivity index is 1.43. The molecule has 1 aromatic carbocycles. The van der Waals surface area contributed by atoms with E-state index in [1.54, 1.807) is 24.5 Å². The maximum absolute atomic E-state index is 12.8. The van der Waals surface area contributed by atoms with Gasteiger partial charge in [-0.15, -0.1) is 5.10 Å². The van der Waals surface area contributed by atoms with E-state index in [0.717, 1.165) is 28.9 Å². The van der Waals surface area contributed by atoms with Gasteiger partial charge in [-0.3, -0.25) is 4.79 Å². The molecule has 0 unspecified atom stereocenters.